The number of benzene rings is 6. The van der Waals surface area contributed by atoms with Gasteiger partial charge in [-0.1, -0.05) is 86.0 Å². The largest absolute Gasteiger partial charge is 2.00 e. The first kappa shape index (κ1) is 32.5. The van der Waals surface area contributed by atoms with Gasteiger partial charge in [0.15, 0.2) is 0 Å². The fraction of sp³-hybridized carbons (Fsp3) is 0.0556. The van der Waals surface area contributed by atoms with Gasteiger partial charge in [0.05, 0.1) is 14.2 Å². The molecule has 0 fully saturated rings. The zero-order chi connectivity index (χ0) is 26.2. The average Bonchev–Trinajstić information content (AvgIpc) is 2.97. The number of rotatable bonds is 4. The summed E-state index contributed by atoms with van der Waals surface area (Å²) in [4.78, 5) is 0. The molecule has 0 atom stereocenters. The van der Waals surface area contributed by atoms with Crippen LogP contribution in [0.25, 0.3) is 57.0 Å². The number of methoxy groups -OCH3 is 2. The van der Waals surface area contributed by atoms with E-state index in [0.29, 0.717) is 0 Å². The molecule has 0 heterocycles. The molecule has 6 rings (SSSR count). The number of hydrogen-bond acceptors (Lipinski definition) is 2. The summed E-state index contributed by atoms with van der Waals surface area (Å²) in [6, 6.07) is 37.9. The summed E-state index contributed by atoms with van der Waals surface area (Å²) < 4.78 is 10.8. The molecule has 0 aliphatic heterocycles. The van der Waals surface area contributed by atoms with E-state index >= 15 is 0 Å². The molecule has 2 radical (unpaired) electrons. The van der Waals surface area contributed by atoms with Crippen LogP contribution in [0.5, 0.6) is 11.5 Å². The predicted octanol–water partition coefficient (Wildman–Crippen LogP) is 1.08. The third-order valence-electron chi connectivity index (χ3n) is 7.37. The van der Waals surface area contributed by atoms with Crippen molar-refractivity contribution < 1.29 is 43.4 Å². The average molecular weight is 771 g/mol. The summed E-state index contributed by atoms with van der Waals surface area (Å²) in [7, 11) is 3.37. The first-order valence-corrected chi connectivity index (χ1v) is 12.6. The Balaban J connectivity index is 0.00000154. The number of ether oxygens (including phenoxy) is 2. The number of hydrogen-bond donors (Lipinski definition) is 0. The Hall–Kier alpha value is -3.06. The molecule has 0 aliphatic rings. The van der Waals surface area contributed by atoms with Crippen molar-refractivity contribution in [3.8, 4) is 33.8 Å². The maximum atomic E-state index is 5.40. The summed E-state index contributed by atoms with van der Waals surface area (Å²) in [5.41, 5.74) is 4.40. The second-order valence-corrected chi connectivity index (χ2v) is 9.45. The summed E-state index contributed by atoms with van der Waals surface area (Å²) in [5, 5.41) is 8.86. The Labute approximate surface area is 278 Å². The van der Waals surface area contributed by atoms with E-state index in [9.17, 15) is 0 Å². The zero-order valence-electron chi connectivity index (χ0n) is 22.9. The van der Waals surface area contributed by atoms with E-state index in [1.165, 1.54) is 10.8 Å². The molecule has 41 heavy (non-hydrogen) atoms. The zero-order valence-corrected chi connectivity index (χ0v) is 28.9. The van der Waals surface area contributed by atoms with E-state index in [1.54, 1.807) is 14.2 Å². The molecule has 0 spiro atoms. The predicted molar refractivity (Wildman–Crippen MR) is 166 cm³/mol. The van der Waals surface area contributed by atoms with E-state index < -0.39 is 0 Å². The topological polar surface area (TPSA) is 18.5 Å². The van der Waals surface area contributed by atoms with E-state index in [4.69, 9.17) is 9.47 Å². The molecule has 2 nitrogen and oxygen atoms in total. The standard InChI is InChI=1S/C36H28O2.2BrH.Sn/c1-23-33(25-13-17-29(37-3)18-14-25)21-27-9-5-7-11-31(27)35(23)36-24(2)34(22-28-10-6-8-12-32(28)36)26-15-19-30(38-4)20-16-26;;;/h5-22H,1-2H2,3-4H3;2*1H;/q;;;+2/p-2. The van der Waals surface area contributed by atoms with Crippen molar-refractivity contribution >= 4 is 58.6 Å². The van der Waals surface area contributed by atoms with Crippen LogP contribution < -0.4 is 53.9 Å². The molecular formula is C36H28Br2O2Sn. The summed E-state index contributed by atoms with van der Waals surface area (Å²) in [6.07, 6.45) is 0. The molecule has 6 aromatic rings. The van der Waals surface area contributed by atoms with Crippen molar-refractivity contribution in [3.63, 3.8) is 0 Å². The van der Waals surface area contributed by atoms with Crippen LogP contribution >= 0.6 is 0 Å². The molecule has 202 valence electrons. The van der Waals surface area contributed by atoms with Crippen LogP contribution in [0.2, 0.25) is 0 Å². The van der Waals surface area contributed by atoms with Crippen LogP contribution in [0.1, 0.15) is 0 Å². The first-order valence-electron chi connectivity index (χ1n) is 12.6. The Kier molecular flexibility index (Phi) is 10.9. The van der Waals surface area contributed by atoms with Gasteiger partial charge in [0.25, 0.3) is 0 Å². The Morgan fingerprint density at radius 3 is 1.17 bits per heavy atom. The molecule has 6 aromatic carbocycles. The second-order valence-electron chi connectivity index (χ2n) is 9.45. The van der Waals surface area contributed by atoms with Crippen molar-refractivity contribution in [3.05, 3.63) is 130 Å². The third kappa shape index (κ3) is 5.97. The minimum atomic E-state index is 0. The molecule has 0 aliphatic carbocycles. The van der Waals surface area contributed by atoms with Crippen LogP contribution in [0.15, 0.2) is 109 Å². The molecule has 0 aromatic heterocycles. The van der Waals surface area contributed by atoms with Crippen molar-refractivity contribution in [2.45, 2.75) is 0 Å². The van der Waals surface area contributed by atoms with Crippen LogP contribution in [0.3, 0.4) is 0 Å². The molecular weight excluding hydrogens is 743 g/mol. The van der Waals surface area contributed by atoms with Crippen LogP contribution in [-0.2, 0) is 0 Å². The van der Waals surface area contributed by atoms with Gasteiger partial charge >= 0.3 is 23.9 Å². The normalized spacial score (nSPS) is 11.2. The number of fused-ring (bicyclic) bond motifs is 2. The van der Waals surface area contributed by atoms with E-state index in [1.807, 2.05) is 24.3 Å². The van der Waals surface area contributed by atoms with Crippen LogP contribution in [0, 0.1) is 10.4 Å². The van der Waals surface area contributed by atoms with Gasteiger partial charge in [-0.2, -0.15) is 0 Å². The van der Waals surface area contributed by atoms with Gasteiger partial charge in [-0.05, 0) is 101 Å². The molecule has 0 amide bonds. The molecule has 0 bridgehead atoms. The minimum Gasteiger partial charge on any atom is -1.00 e. The van der Waals surface area contributed by atoms with Gasteiger partial charge < -0.3 is 43.4 Å². The van der Waals surface area contributed by atoms with Crippen molar-refractivity contribution in [1.82, 2.24) is 0 Å². The number of halogens is 2. The quantitative estimate of drug-likeness (QED) is 0.250. The van der Waals surface area contributed by atoms with Gasteiger partial charge in [0.2, 0.25) is 0 Å². The summed E-state index contributed by atoms with van der Waals surface area (Å²) in [6.45, 7) is 9.33. The van der Waals surface area contributed by atoms with Crippen molar-refractivity contribution in [2.24, 2.45) is 0 Å². The van der Waals surface area contributed by atoms with Gasteiger partial charge in [0.1, 0.15) is 11.5 Å². The van der Waals surface area contributed by atoms with E-state index in [0.717, 1.165) is 65.4 Å². The third-order valence-corrected chi connectivity index (χ3v) is 7.37. The van der Waals surface area contributed by atoms with Crippen molar-refractivity contribution in [2.75, 3.05) is 14.2 Å². The monoisotopic (exact) mass is 770 g/mol. The Morgan fingerprint density at radius 2 is 0.829 bits per heavy atom. The van der Waals surface area contributed by atoms with Crippen molar-refractivity contribution in [1.29, 1.82) is 0 Å². The molecule has 0 saturated carbocycles. The fourth-order valence-corrected chi connectivity index (χ4v) is 5.41. The Morgan fingerprint density at radius 1 is 0.488 bits per heavy atom. The second kappa shape index (κ2) is 13.7. The molecule has 0 N–H and O–H groups in total. The van der Waals surface area contributed by atoms with E-state index in [2.05, 4.69) is 98.1 Å². The molecule has 0 saturated heterocycles. The summed E-state index contributed by atoms with van der Waals surface area (Å²) >= 11 is 0. The van der Waals surface area contributed by atoms with E-state index in [-0.39, 0.29) is 57.9 Å². The smallest absolute Gasteiger partial charge is 1.00 e. The SMILES string of the molecule is C=c1c(-c2ccc(OC)cc2)cc2ccccc2c1=c1c(=C)c(-c2ccc(OC)cc2)cc2ccccc12.[Br-].[Br-].[Sn+2]. The Bertz CT molecular complexity index is 1870. The summed E-state index contributed by atoms with van der Waals surface area (Å²) in [5.74, 6) is 1.66. The van der Waals surface area contributed by atoms with Gasteiger partial charge in [-0.3, -0.25) is 0 Å². The van der Waals surface area contributed by atoms with Crippen LogP contribution in [-0.4, -0.2) is 38.1 Å². The maximum Gasteiger partial charge on any atom is 2.00 e. The van der Waals surface area contributed by atoms with Gasteiger partial charge in [-0.25, -0.2) is 0 Å². The maximum absolute atomic E-state index is 5.40. The fourth-order valence-electron chi connectivity index (χ4n) is 5.41. The minimum absolute atomic E-state index is 0. The molecule has 5 heteroatoms. The van der Waals surface area contributed by atoms with Gasteiger partial charge in [0, 0.05) is 0 Å². The van der Waals surface area contributed by atoms with Crippen LogP contribution in [0.4, 0.5) is 0 Å². The van der Waals surface area contributed by atoms with Gasteiger partial charge in [-0.15, -0.1) is 0 Å². The first-order chi connectivity index (χ1) is 18.6. The molecule has 0 unspecified atom stereocenters.